The van der Waals surface area contributed by atoms with Gasteiger partial charge < -0.3 is 5.48 Å². The molecule has 1 radical (unpaired) electrons. The van der Waals surface area contributed by atoms with Crippen molar-refractivity contribution in [3.8, 4) is 0 Å². The Morgan fingerprint density at radius 2 is 1.00 bits per heavy atom. The summed E-state index contributed by atoms with van der Waals surface area (Å²) in [6.07, 6.45) is 0. The topological polar surface area (TPSA) is 28.5 Å². The van der Waals surface area contributed by atoms with Gasteiger partial charge in [-0.25, -0.2) is 0 Å². The van der Waals surface area contributed by atoms with E-state index in [-0.39, 0.29) is 95.1 Å². The summed E-state index contributed by atoms with van der Waals surface area (Å²) >= 11 is 0. The van der Waals surface area contributed by atoms with Gasteiger partial charge in [0.25, 0.3) is 0 Å². The average Bonchev–Trinajstić information content (AvgIpc) is 0. The van der Waals surface area contributed by atoms with Crippen LogP contribution in [0.25, 0.3) is 0 Å². The molecule has 0 aliphatic rings. The van der Waals surface area contributed by atoms with Crippen LogP contribution in [0.3, 0.4) is 0 Å². The third-order valence-electron chi connectivity index (χ3n) is 0. The van der Waals surface area contributed by atoms with Gasteiger partial charge in [0.1, 0.15) is 0 Å². The number of hydrogen-bond acceptors (Lipinski definition) is 0. The van der Waals surface area contributed by atoms with Crippen LogP contribution in [0.2, 0.25) is 0 Å². The molecule has 9 valence electrons. The van der Waals surface area contributed by atoms with E-state index >= 15 is 0 Å². The fourth-order valence-corrected chi connectivity index (χ4v) is 0. The molecule has 0 aromatic rings. The largest absolute Gasteiger partial charge is 4.00 e. The molecule has 0 aliphatic carbocycles. The Labute approximate surface area is 93.0 Å². The van der Waals surface area contributed by atoms with Crippen LogP contribution in [0.1, 0.15) is 0 Å². The Morgan fingerprint density at radius 3 is 1.00 bits per heavy atom. The zero-order valence-electron chi connectivity index (χ0n) is 1.91. The quantitative estimate of drug-likeness (QED) is 0.557. The molecule has 0 fully saturated rings. The van der Waals surface area contributed by atoms with Gasteiger partial charge in [-0.2, -0.15) is 0 Å². The normalized spacial score (nSPS) is 0. The van der Waals surface area contributed by atoms with E-state index in [0.717, 1.165) is 0 Å². The van der Waals surface area contributed by atoms with Crippen molar-refractivity contribution < 1.29 is 95.1 Å². The molecule has 0 aromatic heterocycles. The van der Waals surface area contributed by atoms with Crippen molar-refractivity contribution in [1.82, 2.24) is 0 Å². The average molecular weight is 295 g/mol. The summed E-state index contributed by atoms with van der Waals surface area (Å²) < 4.78 is 0. The minimum Gasteiger partial charge on any atom is -2.00 e. The van der Waals surface area contributed by atoms with E-state index in [1.807, 2.05) is 0 Å². The third kappa shape index (κ3) is 8.87. The fourth-order valence-electron chi connectivity index (χ4n) is 0. The van der Waals surface area contributed by atoms with Gasteiger partial charge in [-0.3, -0.25) is 0 Å². The third-order valence-corrected chi connectivity index (χ3v) is 0. The fraction of sp³-hybridized carbons (Fsp3) is 0. The maximum atomic E-state index is 0. The molecule has 0 aromatic carbocycles. The van der Waals surface area contributed by atoms with Crippen LogP contribution in [0.15, 0.2) is 0 Å². The predicted molar refractivity (Wildman–Crippen MR) is 0.686 cm³/mol. The van der Waals surface area contributed by atoms with Crippen molar-refractivity contribution >= 4 is 0 Å². The van der Waals surface area contributed by atoms with Crippen LogP contribution in [0.4, 0.5) is 0 Å². The molecule has 0 saturated carbocycles. The van der Waals surface area contributed by atoms with E-state index in [1.165, 1.54) is 0 Å². The SMILES string of the molecule is [Ce+3].[O-2].[Ti+4].[Zr+4]. The van der Waals surface area contributed by atoms with Crippen molar-refractivity contribution in [3.05, 3.63) is 0 Å². The zero-order valence-corrected chi connectivity index (χ0v) is 9.07. The van der Waals surface area contributed by atoms with E-state index in [4.69, 9.17) is 0 Å². The first-order valence-electron chi connectivity index (χ1n) is 0. The Hall–Kier alpha value is 2.93. The van der Waals surface area contributed by atoms with Crippen molar-refractivity contribution in [2.24, 2.45) is 0 Å². The van der Waals surface area contributed by atoms with Gasteiger partial charge in [-0.05, 0) is 0 Å². The molecule has 0 unspecified atom stereocenters. The Balaban J connectivity index is 0. The molecule has 1 nitrogen and oxygen atoms in total. The summed E-state index contributed by atoms with van der Waals surface area (Å²) in [7, 11) is 0. The van der Waals surface area contributed by atoms with E-state index in [2.05, 4.69) is 0 Å². The molecular weight excluding hydrogens is 295 g/mol. The van der Waals surface area contributed by atoms with E-state index in [1.54, 1.807) is 0 Å². The molecule has 0 bridgehead atoms. The van der Waals surface area contributed by atoms with Gasteiger partial charge in [0.2, 0.25) is 0 Å². The molecule has 4 heavy (non-hydrogen) atoms. The minimum atomic E-state index is 0. The molecule has 0 saturated heterocycles. The molecule has 0 aliphatic heterocycles. The van der Waals surface area contributed by atoms with Crippen molar-refractivity contribution in [3.63, 3.8) is 0 Å². The van der Waals surface area contributed by atoms with Crippen molar-refractivity contribution in [2.45, 2.75) is 0 Å². The Bertz CT molecular complexity index is 8.00. The first-order valence-corrected chi connectivity index (χ1v) is 0. The summed E-state index contributed by atoms with van der Waals surface area (Å²) in [4.78, 5) is 0. The van der Waals surface area contributed by atoms with Crippen LogP contribution >= 0.6 is 0 Å². The molecule has 0 atom stereocenters. The molecule has 0 heterocycles. The van der Waals surface area contributed by atoms with E-state index in [9.17, 15) is 0 Å². The van der Waals surface area contributed by atoms with Crippen LogP contribution < -0.4 is 0 Å². The first kappa shape index (κ1) is 28.4. The Kier molecular flexibility index (Phi) is 119. The Morgan fingerprint density at radius 1 is 1.00 bits per heavy atom. The van der Waals surface area contributed by atoms with Gasteiger partial charge >= 0.3 is 89.7 Å². The minimum absolute atomic E-state index is 0. The first-order chi connectivity index (χ1) is 0. The van der Waals surface area contributed by atoms with Crippen molar-refractivity contribution in [1.29, 1.82) is 0 Å². The van der Waals surface area contributed by atoms with Crippen LogP contribution in [-0.4, -0.2) is 0 Å². The standard InChI is InChI=1S/Ce.O.Ti.Zr/q+3;-2;2*+4. The van der Waals surface area contributed by atoms with E-state index < -0.39 is 0 Å². The molecular formula is CeOTiZr+9. The smallest absolute Gasteiger partial charge is 2.00 e. The maximum absolute atomic E-state index is 0. The van der Waals surface area contributed by atoms with Gasteiger partial charge in [-0.15, -0.1) is 0 Å². The number of hydrogen-bond donors (Lipinski definition) is 0. The molecule has 0 N–H and O–H groups in total. The molecule has 0 rings (SSSR count). The zero-order chi connectivity index (χ0) is 0. The van der Waals surface area contributed by atoms with Crippen molar-refractivity contribution in [2.75, 3.05) is 0 Å². The van der Waals surface area contributed by atoms with Crippen LogP contribution in [0, 0.1) is 41.7 Å². The summed E-state index contributed by atoms with van der Waals surface area (Å²) in [6, 6.07) is 0. The summed E-state index contributed by atoms with van der Waals surface area (Å²) in [5, 5.41) is 0. The van der Waals surface area contributed by atoms with Crippen LogP contribution in [-0.2, 0) is 53.4 Å². The second kappa shape index (κ2) is 16.8. The van der Waals surface area contributed by atoms with Gasteiger partial charge in [0, 0.05) is 0 Å². The van der Waals surface area contributed by atoms with Gasteiger partial charge in [-0.1, -0.05) is 0 Å². The predicted octanol–water partition coefficient (Wildman–Crippen LogP) is -0.124. The molecule has 0 spiro atoms. The number of rotatable bonds is 0. The van der Waals surface area contributed by atoms with Crippen LogP contribution in [0.5, 0.6) is 0 Å². The second-order valence-corrected chi connectivity index (χ2v) is 0. The molecule has 4 heteroatoms. The van der Waals surface area contributed by atoms with Gasteiger partial charge in [0.05, 0.1) is 0 Å². The summed E-state index contributed by atoms with van der Waals surface area (Å²) in [5.74, 6) is 0. The maximum Gasteiger partial charge on any atom is 4.00 e. The monoisotopic (exact) mass is 294 g/mol. The van der Waals surface area contributed by atoms with Gasteiger partial charge in [0.15, 0.2) is 0 Å². The summed E-state index contributed by atoms with van der Waals surface area (Å²) in [5.41, 5.74) is 0. The second-order valence-electron chi connectivity index (χ2n) is 0. The summed E-state index contributed by atoms with van der Waals surface area (Å²) in [6.45, 7) is 0. The van der Waals surface area contributed by atoms with E-state index in [0.29, 0.717) is 0 Å². The molecule has 0 amide bonds.